The topological polar surface area (TPSA) is 67.9 Å². The molecule has 6 heteroatoms. The van der Waals surface area contributed by atoms with Crippen molar-refractivity contribution in [3.05, 3.63) is 29.8 Å². The van der Waals surface area contributed by atoms with Crippen LogP contribution in [0.1, 0.15) is 57.1 Å². The number of ether oxygens (including phenoxy) is 2. The molecule has 1 saturated heterocycles. The summed E-state index contributed by atoms with van der Waals surface area (Å²) in [6.07, 6.45) is 5.94. The van der Waals surface area contributed by atoms with E-state index >= 15 is 0 Å². The third-order valence-corrected chi connectivity index (χ3v) is 5.90. The van der Waals surface area contributed by atoms with Crippen LogP contribution in [0.2, 0.25) is 0 Å². The molecule has 1 aliphatic carbocycles. The van der Waals surface area contributed by atoms with Gasteiger partial charge in [0, 0.05) is 19.1 Å². The quantitative estimate of drug-likeness (QED) is 0.727. The van der Waals surface area contributed by atoms with Crippen LogP contribution in [0.3, 0.4) is 0 Å². The zero-order chi connectivity index (χ0) is 19.9. The van der Waals surface area contributed by atoms with Crippen molar-refractivity contribution in [1.29, 1.82) is 0 Å². The second-order valence-electron chi connectivity index (χ2n) is 7.73. The number of likely N-dealkylation sites (tertiary alicyclic amines) is 1. The Labute approximate surface area is 167 Å². The summed E-state index contributed by atoms with van der Waals surface area (Å²) in [6.45, 7) is 3.66. The van der Waals surface area contributed by atoms with Gasteiger partial charge in [0.1, 0.15) is 11.8 Å². The number of esters is 1. The van der Waals surface area contributed by atoms with E-state index in [1.54, 1.807) is 7.11 Å². The molecular weight excluding hydrogens is 356 g/mol. The van der Waals surface area contributed by atoms with Gasteiger partial charge in [-0.05, 0) is 50.3 Å². The van der Waals surface area contributed by atoms with Gasteiger partial charge < -0.3 is 14.8 Å². The lowest BCUT2D eigenvalue weighted by atomic mass is 9.93. The average molecular weight is 389 g/mol. The second kappa shape index (κ2) is 9.92. The van der Waals surface area contributed by atoms with E-state index in [0.717, 1.165) is 37.0 Å². The number of nitrogens with zero attached hydrogens (tertiary/aromatic N) is 1. The molecule has 1 saturated carbocycles. The third kappa shape index (κ3) is 5.04. The molecule has 0 radical (unpaired) electrons. The number of methoxy groups -OCH3 is 1. The number of hydrogen-bond acceptors (Lipinski definition) is 5. The van der Waals surface area contributed by atoms with Crippen molar-refractivity contribution >= 4 is 11.9 Å². The highest BCUT2D eigenvalue weighted by molar-refractivity contribution is 5.83. The van der Waals surface area contributed by atoms with E-state index in [4.69, 9.17) is 9.47 Å². The summed E-state index contributed by atoms with van der Waals surface area (Å²) in [5.41, 5.74) is 0.964. The molecule has 1 aromatic rings. The van der Waals surface area contributed by atoms with Gasteiger partial charge in [0.25, 0.3) is 0 Å². The van der Waals surface area contributed by atoms with Gasteiger partial charge in [-0.25, -0.2) is 0 Å². The van der Waals surface area contributed by atoms with Crippen molar-refractivity contribution in [3.8, 4) is 5.75 Å². The number of nitrogens with one attached hydrogen (secondary N) is 1. The minimum absolute atomic E-state index is 0.0617. The third-order valence-electron chi connectivity index (χ3n) is 5.90. The zero-order valence-corrected chi connectivity index (χ0v) is 17.0. The predicted molar refractivity (Wildman–Crippen MR) is 107 cm³/mol. The summed E-state index contributed by atoms with van der Waals surface area (Å²) >= 11 is 0. The van der Waals surface area contributed by atoms with Crippen molar-refractivity contribution in [1.82, 2.24) is 10.2 Å². The summed E-state index contributed by atoms with van der Waals surface area (Å²) < 4.78 is 10.4. The van der Waals surface area contributed by atoms with E-state index in [0.29, 0.717) is 19.7 Å². The Morgan fingerprint density at radius 3 is 2.32 bits per heavy atom. The summed E-state index contributed by atoms with van der Waals surface area (Å²) in [4.78, 5) is 27.4. The van der Waals surface area contributed by atoms with Crippen molar-refractivity contribution in [3.63, 3.8) is 0 Å². The Bertz CT molecular complexity index is 647. The summed E-state index contributed by atoms with van der Waals surface area (Å²) in [5.74, 6) is 0.663. The monoisotopic (exact) mass is 388 g/mol. The highest BCUT2D eigenvalue weighted by Crippen LogP contribution is 2.30. The maximum atomic E-state index is 13.2. The average Bonchev–Trinajstić information content (AvgIpc) is 3.22. The smallest absolute Gasteiger partial charge is 0.309 e. The lowest BCUT2D eigenvalue weighted by Gasteiger charge is -2.36. The molecule has 28 heavy (non-hydrogen) atoms. The van der Waals surface area contributed by atoms with E-state index in [-0.39, 0.29) is 29.9 Å². The molecule has 1 atom stereocenters. The van der Waals surface area contributed by atoms with Gasteiger partial charge in [-0.1, -0.05) is 25.0 Å². The first kappa shape index (κ1) is 20.6. The van der Waals surface area contributed by atoms with Gasteiger partial charge in [0.05, 0.1) is 19.6 Å². The van der Waals surface area contributed by atoms with E-state index in [9.17, 15) is 9.59 Å². The fourth-order valence-corrected chi connectivity index (χ4v) is 4.32. The van der Waals surface area contributed by atoms with Gasteiger partial charge >= 0.3 is 5.97 Å². The van der Waals surface area contributed by atoms with E-state index in [1.807, 2.05) is 31.2 Å². The van der Waals surface area contributed by atoms with E-state index in [1.165, 1.54) is 12.8 Å². The number of benzene rings is 1. The molecule has 1 aromatic carbocycles. The molecule has 0 bridgehead atoms. The maximum absolute atomic E-state index is 13.2. The number of hydrogen-bond donors (Lipinski definition) is 1. The Hall–Kier alpha value is -2.08. The number of carbonyl (C=O) groups excluding carboxylic acids is 2. The molecular formula is C22H32N2O4. The van der Waals surface area contributed by atoms with Gasteiger partial charge in [0.15, 0.2) is 0 Å². The molecule has 2 aliphatic rings. The Morgan fingerprint density at radius 2 is 1.75 bits per heavy atom. The SMILES string of the molecule is CCOC(=O)C1CCN([C@@H](C(=O)NC2CCCC2)c2ccc(OC)cc2)CC1. The molecule has 154 valence electrons. The highest BCUT2D eigenvalue weighted by atomic mass is 16.5. The minimum atomic E-state index is -0.338. The number of piperidine rings is 1. The Morgan fingerprint density at radius 1 is 1.11 bits per heavy atom. The van der Waals surface area contributed by atoms with Gasteiger partial charge in [-0.3, -0.25) is 14.5 Å². The minimum Gasteiger partial charge on any atom is -0.497 e. The first-order valence-electron chi connectivity index (χ1n) is 10.5. The lowest BCUT2D eigenvalue weighted by molar-refractivity contribution is -0.150. The lowest BCUT2D eigenvalue weighted by Crippen LogP contribution is -2.47. The molecule has 6 nitrogen and oxygen atoms in total. The van der Waals surface area contributed by atoms with E-state index < -0.39 is 0 Å². The standard InChI is InChI=1S/C22H32N2O4/c1-3-28-22(26)17-12-14-24(15-13-17)20(16-8-10-19(27-2)11-9-16)21(25)23-18-6-4-5-7-18/h8-11,17-18,20H,3-7,12-15H2,1-2H3,(H,23,25)/t20-/m1/s1. The molecule has 0 unspecified atom stereocenters. The molecule has 0 aromatic heterocycles. The molecule has 3 rings (SSSR count). The Kier molecular flexibility index (Phi) is 7.31. The van der Waals surface area contributed by atoms with E-state index in [2.05, 4.69) is 10.2 Å². The van der Waals surface area contributed by atoms with Gasteiger partial charge in [0.2, 0.25) is 5.91 Å². The maximum Gasteiger partial charge on any atom is 0.309 e. The van der Waals surface area contributed by atoms with Crippen LogP contribution in [-0.2, 0) is 14.3 Å². The van der Waals surface area contributed by atoms with Crippen LogP contribution in [0, 0.1) is 5.92 Å². The number of amides is 1. The summed E-state index contributed by atoms with van der Waals surface area (Å²) in [7, 11) is 1.64. The van der Waals surface area contributed by atoms with Crippen molar-refractivity contribution < 1.29 is 19.1 Å². The second-order valence-corrected chi connectivity index (χ2v) is 7.73. The first-order valence-corrected chi connectivity index (χ1v) is 10.5. The Balaban J connectivity index is 1.72. The molecule has 1 amide bonds. The fourth-order valence-electron chi connectivity index (χ4n) is 4.32. The van der Waals surface area contributed by atoms with Crippen LogP contribution < -0.4 is 10.1 Å². The summed E-state index contributed by atoms with van der Waals surface area (Å²) in [5, 5.41) is 3.25. The summed E-state index contributed by atoms with van der Waals surface area (Å²) in [6, 6.07) is 7.68. The molecule has 1 N–H and O–H groups in total. The van der Waals surface area contributed by atoms with Crippen LogP contribution in [0.25, 0.3) is 0 Å². The van der Waals surface area contributed by atoms with Crippen LogP contribution >= 0.6 is 0 Å². The number of rotatable bonds is 7. The molecule has 0 spiro atoms. The molecule has 2 fully saturated rings. The van der Waals surface area contributed by atoms with Crippen molar-refractivity contribution in [2.75, 3.05) is 26.8 Å². The van der Waals surface area contributed by atoms with Crippen molar-refractivity contribution in [2.24, 2.45) is 5.92 Å². The van der Waals surface area contributed by atoms with Crippen LogP contribution in [0.5, 0.6) is 5.75 Å². The largest absolute Gasteiger partial charge is 0.497 e. The molecule has 1 heterocycles. The van der Waals surface area contributed by atoms with Crippen LogP contribution in [0.15, 0.2) is 24.3 Å². The number of carbonyl (C=O) groups is 2. The fraction of sp³-hybridized carbons (Fsp3) is 0.636. The predicted octanol–water partition coefficient (Wildman–Crippen LogP) is 3.07. The van der Waals surface area contributed by atoms with Gasteiger partial charge in [-0.15, -0.1) is 0 Å². The van der Waals surface area contributed by atoms with Crippen LogP contribution in [-0.4, -0.2) is 49.6 Å². The highest BCUT2D eigenvalue weighted by Gasteiger charge is 2.34. The molecule has 1 aliphatic heterocycles. The van der Waals surface area contributed by atoms with Crippen molar-refractivity contribution in [2.45, 2.75) is 57.5 Å². The first-order chi connectivity index (χ1) is 13.6. The zero-order valence-electron chi connectivity index (χ0n) is 17.0. The normalized spacial score (nSPS) is 19.9. The van der Waals surface area contributed by atoms with Gasteiger partial charge in [-0.2, -0.15) is 0 Å². The van der Waals surface area contributed by atoms with Crippen LogP contribution in [0.4, 0.5) is 0 Å².